The van der Waals surface area contributed by atoms with E-state index in [0.717, 1.165) is 46.7 Å². The first-order valence-electron chi connectivity index (χ1n) is 10.6. The van der Waals surface area contributed by atoms with E-state index in [4.69, 9.17) is 14.2 Å². The Kier molecular flexibility index (Phi) is 6.15. The van der Waals surface area contributed by atoms with E-state index in [2.05, 4.69) is 0 Å². The average molecular weight is 426 g/mol. The van der Waals surface area contributed by atoms with Crippen LogP contribution in [0.3, 0.4) is 0 Å². The number of fused-ring (bicyclic) bond motifs is 1. The number of hydrogen-bond donors (Lipinski definition) is 2. The van der Waals surface area contributed by atoms with Crippen LogP contribution in [0.15, 0.2) is 36.4 Å². The zero-order valence-electron chi connectivity index (χ0n) is 18.2. The van der Waals surface area contributed by atoms with Gasteiger partial charge in [0, 0.05) is 16.8 Å². The smallest absolute Gasteiger partial charge is 0.340 e. The van der Waals surface area contributed by atoms with Crippen molar-refractivity contribution in [2.45, 2.75) is 20.4 Å². The molecular formula is C24H29N2O5+. The predicted molar refractivity (Wildman–Crippen MR) is 117 cm³/mol. The van der Waals surface area contributed by atoms with Crippen molar-refractivity contribution in [3.05, 3.63) is 53.2 Å². The van der Waals surface area contributed by atoms with Crippen molar-refractivity contribution in [2.24, 2.45) is 0 Å². The molecule has 0 bridgehead atoms. The quantitative estimate of drug-likeness (QED) is 0.593. The van der Waals surface area contributed by atoms with Crippen LogP contribution in [-0.4, -0.2) is 55.7 Å². The maximum Gasteiger partial charge on any atom is 0.340 e. The third-order valence-corrected chi connectivity index (χ3v) is 5.89. The number of phenolic OH excluding ortho intramolecular Hbond substituents is 1. The number of carbonyl (C=O) groups is 1. The Morgan fingerprint density at radius 1 is 1.16 bits per heavy atom. The summed E-state index contributed by atoms with van der Waals surface area (Å²) in [6, 6.07) is 11.3. The molecule has 0 aliphatic carbocycles. The molecule has 1 saturated heterocycles. The lowest BCUT2D eigenvalue weighted by Crippen LogP contribution is -3.12. The van der Waals surface area contributed by atoms with Gasteiger partial charge in [0.25, 0.3) is 0 Å². The van der Waals surface area contributed by atoms with Gasteiger partial charge in [-0.25, -0.2) is 4.79 Å². The summed E-state index contributed by atoms with van der Waals surface area (Å²) < 4.78 is 18.2. The summed E-state index contributed by atoms with van der Waals surface area (Å²) in [4.78, 5) is 14.3. The maximum absolute atomic E-state index is 13.0. The summed E-state index contributed by atoms with van der Waals surface area (Å²) in [7, 11) is 1.63. The average Bonchev–Trinajstić information content (AvgIpc) is 3.09. The van der Waals surface area contributed by atoms with Gasteiger partial charge in [-0.15, -0.1) is 0 Å². The van der Waals surface area contributed by atoms with Crippen LogP contribution >= 0.6 is 0 Å². The van der Waals surface area contributed by atoms with E-state index < -0.39 is 0 Å². The second-order valence-electron chi connectivity index (χ2n) is 7.71. The van der Waals surface area contributed by atoms with Crippen molar-refractivity contribution in [2.75, 3.05) is 40.0 Å². The Labute approximate surface area is 181 Å². The first-order chi connectivity index (χ1) is 15.0. The summed E-state index contributed by atoms with van der Waals surface area (Å²) in [5.74, 6) is 0.586. The normalized spacial score (nSPS) is 14.7. The van der Waals surface area contributed by atoms with E-state index in [1.54, 1.807) is 20.1 Å². The maximum atomic E-state index is 13.0. The zero-order valence-corrected chi connectivity index (χ0v) is 18.2. The Morgan fingerprint density at radius 2 is 1.87 bits per heavy atom. The first kappa shape index (κ1) is 21.2. The zero-order chi connectivity index (χ0) is 22.0. The minimum absolute atomic E-state index is 0.198. The van der Waals surface area contributed by atoms with Gasteiger partial charge in [-0.05, 0) is 50.2 Å². The van der Waals surface area contributed by atoms with Crippen LogP contribution in [0.2, 0.25) is 0 Å². The van der Waals surface area contributed by atoms with Gasteiger partial charge in [0.1, 0.15) is 31.1 Å². The lowest BCUT2D eigenvalue weighted by atomic mass is 10.0. The van der Waals surface area contributed by atoms with Gasteiger partial charge in [-0.1, -0.05) is 0 Å². The summed E-state index contributed by atoms with van der Waals surface area (Å²) in [5.41, 5.74) is 3.84. The highest BCUT2D eigenvalue weighted by molar-refractivity contribution is 6.08. The van der Waals surface area contributed by atoms with Crippen LogP contribution in [-0.2, 0) is 16.0 Å². The summed E-state index contributed by atoms with van der Waals surface area (Å²) in [6.07, 6.45) is 0. The minimum atomic E-state index is -0.374. The number of aromatic nitrogens is 1. The molecule has 1 aliphatic rings. The van der Waals surface area contributed by atoms with Gasteiger partial charge in [-0.2, -0.15) is 0 Å². The molecule has 1 aromatic heterocycles. The Hall–Kier alpha value is -3.03. The number of methoxy groups -OCH3 is 1. The van der Waals surface area contributed by atoms with Crippen LogP contribution in [0.5, 0.6) is 11.5 Å². The second-order valence-corrected chi connectivity index (χ2v) is 7.71. The molecular weight excluding hydrogens is 396 g/mol. The predicted octanol–water partition coefficient (Wildman–Crippen LogP) is 2.24. The monoisotopic (exact) mass is 425 g/mol. The number of morpholine rings is 1. The van der Waals surface area contributed by atoms with E-state index in [-0.39, 0.29) is 18.3 Å². The first-order valence-corrected chi connectivity index (χ1v) is 10.6. The number of esters is 1. The SMILES string of the molecule is CCOC(=O)c1c(C)n(-c2ccc(OC)cc2)c2ccc(O)c(C[NH+]3CCOCC3)c12. The molecule has 7 nitrogen and oxygen atoms in total. The van der Waals surface area contributed by atoms with E-state index in [0.29, 0.717) is 25.3 Å². The number of carbonyl (C=O) groups excluding carboxylic acids is 1. The molecule has 0 unspecified atom stereocenters. The highest BCUT2D eigenvalue weighted by atomic mass is 16.5. The number of phenols is 1. The molecule has 0 saturated carbocycles. The Morgan fingerprint density at radius 3 is 2.52 bits per heavy atom. The largest absolute Gasteiger partial charge is 0.507 e. The van der Waals surface area contributed by atoms with Crippen molar-refractivity contribution < 1.29 is 29.0 Å². The van der Waals surface area contributed by atoms with Crippen molar-refractivity contribution >= 4 is 16.9 Å². The lowest BCUT2D eigenvalue weighted by Gasteiger charge is -2.24. The van der Waals surface area contributed by atoms with Gasteiger partial charge in [0.2, 0.25) is 0 Å². The number of aromatic hydroxyl groups is 1. The fraction of sp³-hybridized carbons (Fsp3) is 0.375. The van der Waals surface area contributed by atoms with Crippen molar-refractivity contribution in [3.8, 4) is 17.2 Å². The Bertz CT molecular complexity index is 1080. The van der Waals surface area contributed by atoms with Gasteiger partial charge in [-0.3, -0.25) is 0 Å². The molecule has 0 spiro atoms. The van der Waals surface area contributed by atoms with Crippen LogP contribution in [0.1, 0.15) is 28.5 Å². The molecule has 7 heteroatoms. The van der Waals surface area contributed by atoms with Crippen LogP contribution in [0.4, 0.5) is 0 Å². The number of ether oxygens (including phenoxy) is 3. The third kappa shape index (κ3) is 3.98. The van der Waals surface area contributed by atoms with Gasteiger partial charge in [0.05, 0.1) is 43.6 Å². The highest BCUT2D eigenvalue weighted by Gasteiger charge is 2.28. The fourth-order valence-corrected chi connectivity index (χ4v) is 4.35. The van der Waals surface area contributed by atoms with Crippen LogP contribution in [0, 0.1) is 6.92 Å². The number of nitrogens with zero attached hydrogens (tertiary/aromatic N) is 1. The molecule has 0 radical (unpaired) electrons. The number of hydrogen-bond acceptors (Lipinski definition) is 5. The molecule has 1 fully saturated rings. The van der Waals surface area contributed by atoms with E-state index in [1.807, 2.05) is 41.8 Å². The number of rotatable bonds is 6. The molecule has 164 valence electrons. The van der Waals surface area contributed by atoms with E-state index >= 15 is 0 Å². The molecule has 0 atom stereocenters. The third-order valence-electron chi connectivity index (χ3n) is 5.89. The van der Waals surface area contributed by atoms with Crippen molar-refractivity contribution in [1.29, 1.82) is 0 Å². The van der Waals surface area contributed by atoms with Gasteiger partial charge in [0.15, 0.2) is 0 Å². The van der Waals surface area contributed by atoms with Gasteiger partial charge < -0.3 is 28.8 Å². The topological polar surface area (TPSA) is 74.4 Å². The number of benzene rings is 2. The summed E-state index contributed by atoms with van der Waals surface area (Å²) in [5, 5.41) is 11.5. The second kappa shape index (κ2) is 8.99. The molecule has 3 aromatic rings. The van der Waals surface area contributed by atoms with E-state index in [1.165, 1.54) is 4.90 Å². The fourth-order valence-electron chi connectivity index (χ4n) is 4.35. The highest BCUT2D eigenvalue weighted by Crippen LogP contribution is 2.36. The number of nitrogens with one attached hydrogen (secondary N) is 1. The molecule has 0 amide bonds. The summed E-state index contributed by atoms with van der Waals surface area (Å²) >= 11 is 0. The standard InChI is InChI=1S/C24H28N2O5/c1-4-31-24(28)22-16(2)26(17-5-7-18(29-3)8-6-17)20-9-10-21(27)19(23(20)22)15-25-11-13-30-14-12-25/h5-10,27H,4,11-15H2,1-3H3/p+1. The molecule has 31 heavy (non-hydrogen) atoms. The van der Waals surface area contributed by atoms with Crippen molar-refractivity contribution in [3.63, 3.8) is 0 Å². The molecule has 2 aromatic carbocycles. The molecule has 2 heterocycles. The van der Waals surface area contributed by atoms with Gasteiger partial charge >= 0.3 is 5.97 Å². The minimum Gasteiger partial charge on any atom is -0.507 e. The number of quaternary nitrogens is 1. The van der Waals surface area contributed by atoms with Crippen molar-refractivity contribution in [1.82, 2.24) is 4.57 Å². The van der Waals surface area contributed by atoms with Crippen LogP contribution in [0.25, 0.3) is 16.6 Å². The lowest BCUT2D eigenvalue weighted by molar-refractivity contribution is -0.921. The molecule has 2 N–H and O–H groups in total. The Balaban J connectivity index is 1.93. The van der Waals surface area contributed by atoms with E-state index in [9.17, 15) is 9.90 Å². The summed E-state index contributed by atoms with van der Waals surface area (Å²) in [6.45, 7) is 7.74. The van der Waals surface area contributed by atoms with Crippen LogP contribution < -0.4 is 9.64 Å². The molecule has 4 rings (SSSR count). The molecule has 1 aliphatic heterocycles.